The van der Waals surface area contributed by atoms with Crippen molar-refractivity contribution in [1.82, 2.24) is 24.8 Å². The molecule has 144 valence electrons. The molecule has 3 aromatic rings. The molecule has 3 heterocycles. The molecule has 4 rings (SSSR count). The van der Waals surface area contributed by atoms with Crippen LogP contribution in [0.2, 0.25) is 0 Å². The first kappa shape index (κ1) is 18.1. The predicted octanol–water partition coefficient (Wildman–Crippen LogP) is 2.17. The summed E-state index contributed by atoms with van der Waals surface area (Å²) in [6, 6.07) is 7.53. The Morgan fingerprint density at radius 3 is 2.75 bits per heavy atom. The van der Waals surface area contributed by atoms with Gasteiger partial charge in [-0.25, -0.2) is 15.0 Å². The highest BCUT2D eigenvalue weighted by Gasteiger charge is 2.28. The zero-order valence-electron chi connectivity index (χ0n) is 15.9. The summed E-state index contributed by atoms with van der Waals surface area (Å²) in [5.74, 6) is 1.03. The minimum atomic E-state index is -0.137. The number of benzene rings is 1. The minimum absolute atomic E-state index is 0.126. The molecule has 8 nitrogen and oxygen atoms in total. The van der Waals surface area contributed by atoms with Gasteiger partial charge in [0.25, 0.3) is 11.8 Å². The monoisotopic (exact) mass is 378 g/mol. The number of rotatable bonds is 4. The van der Waals surface area contributed by atoms with Gasteiger partial charge in [0, 0.05) is 33.0 Å². The number of aromatic nitrogens is 4. The summed E-state index contributed by atoms with van der Waals surface area (Å²) in [6.07, 6.45) is 6.37. The molecule has 0 radical (unpaired) electrons. The van der Waals surface area contributed by atoms with Crippen LogP contribution in [0.25, 0.3) is 11.0 Å². The van der Waals surface area contributed by atoms with Crippen LogP contribution in [0.3, 0.4) is 0 Å². The lowest BCUT2D eigenvalue weighted by Crippen LogP contribution is -2.44. The average Bonchev–Trinajstić information content (AvgIpc) is 2.73. The van der Waals surface area contributed by atoms with Crippen LogP contribution in [0.15, 0.2) is 42.9 Å². The molecule has 0 saturated carbocycles. The zero-order valence-corrected chi connectivity index (χ0v) is 15.9. The predicted molar refractivity (Wildman–Crippen MR) is 105 cm³/mol. The quantitative estimate of drug-likeness (QED) is 0.688. The number of carbonyl (C=O) groups excluding carboxylic acids is 1. The van der Waals surface area contributed by atoms with Gasteiger partial charge in [0.15, 0.2) is 5.82 Å². The number of hydrogen-bond donors (Lipinski definition) is 0. The Hall–Kier alpha value is -3.29. The summed E-state index contributed by atoms with van der Waals surface area (Å²) >= 11 is 0. The number of ether oxygens (including phenoxy) is 1. The second-order valence-electron chi connectivity index (χ2n) is 6.96. The molecular formula is C20H22N6O2. The highest BCUT2D eigenvalue weighted by molar-refractivity contribution is 5.93. The van der Waals surface area contributed by atoms with Crippen molar-refractivity contribution in [3.8, 4) is 5.88 Å². The molecule has 8 heteroatoms. The third-order valence-corrected chi connectivity index (χ3v) is 4.68. The Morgan fingerprint density at radius 2 is 1.93 bits per heavy atom. The highest BCUT2D eigenvalue weighted by Crippen LogP contribution is 2.24. The second kappa shape index (κ2) is 7.75. The number of piperidine rings is 1. The molecule has 2 aromatic heterocycles. The number of anilines is 1. The van der Waals surface area contributed by atoms with Crippen LogP contribution >= 0.6 is 0 Å². The average molecular weight is 378 g/mol. The maximum atomic E-state index is 12.9. The smallest absolute Gasteiger partial charge is 0.274 e. The molecule has 0 bridgehead atoms. The number of nitrogens with zero attached hydrogens (tertiary/aromatic N) is 6. The number of para-hydroxylation sites is 2. The first-order valence-electron chi connectivity index (χ1n) is 9.28. The summed E-state index contributed by atoms with van der Waals surface area (Å²) in [5, 5.41) is 0. The maximum Gasteiger partial charge on any atom is 0.274 e. The first-order valence-corrected chi connectivity index (χ1v) is 9.28. The van der Waals surface area contributed by atoms with E-state index < -0.39 is 0 Å². The second-order valence-corrected chi connectivity index (χ2v) is 6.96. The van der Waals surface area contributed by atoms with Crippen molar-refractivity contribution in [2.75, 3.05) is 32.1 Å². The van der Waals surface area contributed by atoms with Gasteiger partial charge in [-0.1, -0.05) is 12.1 Å². The zero-order chi connectivity index (χ0) is 19.5. The molecule has 1 amide bonds. The van der Waals surface area contributed by atoms with Crippen LogP contribution in [-0.4, -0.2) is 64.0 Å². The van der Waals surface area contributed by atoms with E-state index in [1.54, 1.807) is 23.5 Å². The Kier molecular flexibility index (Phi) is 5.01. The molecular weight excluding hydrogens is 356 g/mol. The fraction of sp³-hybridized carbons (Fsp3) is 0.350. The van der Waals surface area contributed by atoms with E-state index in [2.05, 4.69) is 19.9 Å². The normalized spacial score (nSPS) is 16.8. The lowest BCUT2D eigenvalue weighted by molar-refractivity contribution is 0.0523. The lowest BCUT2D eigenvalue weighted by atomic mass is 10.1. The molecule has 0 spiro atoms. The van der Waals surface area contributed by atoms with Gasteiger partial charge in [-0.15, -0.1) is 0 Å². The SMILES string of the molecule is CN(C)c1nccnc1O[C@H]1CCCN(C(=O)c2cnc3ccccc3n2)C1. The number of hydrogen-bond acceptors (Lipinski definition) is 7. The lowest BCUT2D eigenvalue weighted by Gasteiger charge is -2.32. The summed E-state index contributed by atoms with van der Waals surface area (Å²) in [5.41, 5.74) is 1.85. The molecule has 1 aromatic carbocycles. The van der Waals surface area contributed by atoms with Crippen LogP contribution in [0.4, 0.5) is 5.82 Å². The number of likely N-dealkylation sites (tertiary alicyclic amines) is 1. The topological polar surface area (TPSA) is 84.3 Å². The Balaban J connectivity index is 1.49. The Labute approximate surface area is 163 Å². The van der Waals surface area contributed by atoms with Crippen molar-refractivity contribution in [3.05, 3.63) is 48.5 Å². The van der Waals surface area contributed by atoms with Crippen LogP contribution in [0.1, 0.15) is 23.3 Å². The highest BCUT2D eigenvalue weighted by atomic mass is 16.5. The van der Waals surface area contributed by atoms with E-state index >= 15 is 0 Å². The fourth-order valence-electron chi connectivity index (χ4n) is 3.31. The number of fused-ring (bicyclic) bond motifs is 1. The van der Waals surface area contributed by atoms with Crippen molar-refractivity contribution in [2.45, 2.75) is 18.9 Å². The molecule has 1 aliphatic rings. The van der Waals surface area contributed by atoms with Crippen LogP contribution in [0.5, 0.6) is 5.88 Å². The first-order chi connectivity index (χ1) is 13.6. The molecule has 1 saturated heterocycles. The van der Waals surface area contributed by atoms with Gasteiger partial charge in [0.2, 0.25) is 0 Å². The van der Waals surface area contributed by atoms with E-state index in [1.165, 1.54) is 0 Å². The van der Waals surface area contributed by atoms with Gasteiger partial charge in [-0.3, -0.25) is 9.78 Å². The Bertz CT molecular complexity index is 993. The molecule has 0 N–H and O–H groups in total. The van der Waals surface area contributed by atoms with Gasteiger partial charge in [0.05, 0.1) is 23.8 Å². The molecule has 1 atom stereocenters. The molecule has 1 fully saturated rings. The van der Waals surface area contributed by atoms with Gasteiger partial charge in [0.1, 0.15) is 11.8 Å². The van der Waals surface area contributed by atoms with Crippen molar-refractivity contribution in [2.24, 2.45) is 0 Å². The molecule has 1 aliphatic heterocycles. The minimum Gasteiger partial charge on any atom is -0.470 e. The largest absolute Gasteiger partial charge is 0.470 e. The van der Waals surface area contributed by atoms with E-state index in [0.717, 1.165) is 18.4 Å². The molecule has 0 aliphatic carbocycles. The summed E-state index contributed by atoms with van der Waals surface area (Å²) in [6.45, 7) is 1.16. The van der Waals surface area contributed by atoms with Crippen molar-refractivity contribution in [1.29, 1.82) is 0 Å². The van der Waals surface area contributed by atoms with Gasteiger partial charge in [-0.05, 0) is 25.0 Å². The van der Waals surface area contributed by atoms with Crippen molar-refractivity contribution < 1.29 is 9.53 Å². The van der Waals surface area contributed by atoms with Crippen LogP contribution in [-0.2, 0) is 0 Å². The van der Waals surface area contributed by atoms with Crippen molar-refractivity contribution in [3.63, 3.8) is 0 Å². The van der Waals surface area contributed by atoms with E-state index in [-0.39, 0.29) is 12.0 Å². The summed E-state index contributed by atoms with van der Waals surface area (Å²) in [7, 11) is 3.79. The van der Waals surface area contributed by atoms with E-state index in [4.69, 9.17) is 4.74 Å². The third-order valence-electron chi connectivity index (χ3n) is 4.68. The van der Waals surface area contributed by atoms with Crippen molar-refractivity contribution >= 4 is 22.8 Å². The van der Waals surface area contributed by atoms with Gasteiger partial charge in [-0.2, -0.15) is 0 Å². The third kappa shape index (κ3) is 3.71. The number of amides is 1. The van der Waals surface area contributed by atoms with E-state index in [0.29, 0.717) is 36.0 Å². The Morgan fingerprint density at radius 1 is 1.14 bits per heavy atom. The summed E-state index contributed by atoms with van der Waals surface area (Å²) < 4.78 is 6.09. The van der Waals surface area contributed by atoms with Crippen LogP contribution < -0.4 is 9.64 Å². The standard InChI is InChI=1S/C20H22N6O2/c1-25(2)18-19(22-10-9-21-18)28-14-6-5-11-26(13-14)20(27)17-12-23-15-7-3-4-8-16(15)24-17/h3-4,7-10,12,14H,5-6,11,13H2,1-2H3/t14-/m0/s1. The van der Waals surface area contributed by atoms with Gasteiger partial charge >= 0.3 is 0 Å². The van der Waals surface area contributed by atoms with Crippen LogP contribution in [0, 0.1) is 0 Å². The molecule has 0 unspecified atom stereocenters. The van der Waals surface area contributed by atoms with Gasteiger partial charge < -0.3 is 14.5 Å². The maximum absolute atomic E-state index is 12.9. The fourth-order valence-corrected chi connectivity index (χ4v) is 3.31. The van der Waals surface area contributed by atoms with E-state index in [1.807, 2.05) is 43.3 Å². The number of carbonyl (C=O) groups is 1. The van der Waals surface area contributed by atoms with E-state index in [9.17, 15) is 4.79 Å². The summed E-state index contributed by atoms with van der Waals surface area (Å²) in [4.78, 5) is 34.0. The molecule has 28 heavy (non-hydrogen) atoms.